The van der Waals surface area contributed by atoms with E-state index < -0.39 is 29.6 Å². The fraction of sp³-hybridized carbons (Fsp3) is 0.222. The normalized spacial score (nSPS) is 11.5. The van der Waals surface area contributed by atoms with E-state index in [2.05, 4.69) is 5.32 Å². The minimum atomic E-state index is -1.000. The molecule has 2 rings (SSSR count). The molecule has 5 nitrogen and oxygen atoms in total. The molecule has 0 radical (unpaired) electrons. The van der Waals surface area contributed by atoms with Gasteiger partial charge in [0.25, 0.3) is 5.91 Å². The first-order chi connectivity index (χ1) is 11.9. The molecule has 2 aromatic rings. The lowest BCUT2D eigenvalue weighted by Gasteiger charge is -2.15. The molecule has 0 aliphatic heterocycles. The lowest BCUT2D eigenvalue weighted by Crippen LogP contribution is -2.30. The lowest BCUT2D eigenvalue weighted by atomic mass is 10.2. The second kappa shape index (κ2) is 8.23. The summed E-state index contributed by atoms with van der Waals surface area (Å²) in [6, 6.07) is 8.88. The summed E-state index contributed by atoms with van der Waals surface area (Å²) in [6.45, 7) is 3.38. The summed E-state index contributed by atoms with van der Waals surface area (Å²) in [7, 11) is 0. The van der Waals surface area contributed by atoms with Crippen molar-refractivity contribution in [1.29, 1.82) is 0 Å². The summed E-state index contributed by atoms with van der Waals surface area (Å²) in [5.41, 5.74) is 0.00357. The minimum Gasteiger partial charge on any atom is -0.481 e. The highest BCUT2D eigenvalue weighted by Gasteiger charge is 2.18. The highest BCUT2D eigenvalue weighted by molar-refractivity contribution is 5.94. The maximum absolute atomic E-state index is 13.6. The van der Waals surface area contributed by atoms with Gasteiger partial charge in [0.1, 0.15) is 17.4 Å². The van der Waals surface area contributed by atoms with Crippen LogP contribution in [0.2, 0.25) is 0 Å². The van der Waals surface area contributed by atoms with Crippen LogP contribution in [0.5, 0.6) is 5.75 Å². The van der Waals surface area contributed by atoms with Crippen LogP contribution in [0.4, 0.5) is 14.5 Å². The van der Waals surface area contributed by atoms with Crippen LogP contribution in [0.15, 0.2) is 42.5 Å². The summed E-state index contributed by atoms with van der Waals surface area (Å²) in [4.78, 5) is 23.8. The molecule has 25 heavy (non-hydrogen) atoms. The van der Waals surface area contributed by atoms with Gasteiger partial charge in [-0.15, -0.1) is 0 Å². The average Bonchev–Trinajstić information content (AvgIpc) is 2.58. The van der Waals surface area contributed by atoms with Gasteiger partial charge in [-0.1, -0.05) is 6.07 Å². The van der Waals surface area contributed by atoms with Gasteiger partial charge in [-0.25, -0.2) is 13.6 Å². The van der Waals surface area contributed by atoms with Gasteiger partial charge in [-0.2, -0.15) is 0 Å². The average molecular weight is 349 g/mol. The number of rotatable bonds is 6. The SMILES string of the molecule is CCOC(=O)c1cccc(O[C@@H](C)C(=O)Nc2cc(F)ccc2F)c1. The predicted molar refractivity (Wildman–Crippen MR) is 87.5 cm³/mol. The number of hydrogen-bond donors (Lipinski definition) is 1. The molecular formula is C18H17F2NO4. The number of amides is 1. The zero-order valence-electron chi connectivity index (χ0n) is 13.7. The maximum Gasteiger partial charge on any atom is 0.338 e. The molecule has 0 aliphatic carbocycles. The number of hydrogen-bond acceptors (Lipinski definition) is 4. The molecule has 0 saturated heterocycles. The molecule has 0 unspecified atom stereocenters. The zero-order chi connectivity index (χ0) is 18.4. The largest absolute Gasteiger partial charge is 0.481 e. The van der Waals surface area contributed by atoms with Gasteiger partial charge in [-0.05, 0) is 44.2 Å². The number of carbonyl (C=O) groups excluding carboxylic acids is 2. The van der Waals surface area contributed by atoms with E-state index in [9.17, 15) is 18.4 Å². The van der Waals surface area contributed by atoms with Gasteiger partial charge in [0.05, 0.1) is 17.9 Å². The van der Waals surface area contributed by atoms with Crippen LogP contribution in [0.3, 0.4) is 0 Å². The highest BCUT2D eigenvalue weighted by Crippen LogP contribution is 2.18. The van der Waals surface area contributed by atoms with E-state index in [0.29, 0.717) is 0 Å². The molecule has 0 fully saturated rings. The maximum atomic E-state index is 13.6. The topological polar surface area (TPSA) is 64.6 Å². The summed E-state index contributed by atoms with van der Waals surface area (Å²) in [5.74, 6) is -2.33. The smallest absolute Gasteiger partial charge is 0.338 e. The van der Waals surface area contributed by atoms with E-state index in [1.165, 1.54) is 13.0 Å². The van der Waals surface area contributed by atoms with Gasteiger partial charge in [-0.3, -0.25) is 4.79 Å². The predicted octanol–water partition coefficient (Wildman–Crippen LogP) is 3.55. The number of anilines is 1. The van der Waals surface area contributed by atoms with Crippen molar-refractivity contribution in [2.75, 3.05) is 11.9 Å². The van der Waals surface area contributed by atoms with Crippen molar-refractivity contribution < 1.29 is 27.8 Å². The van der Waals surface area contributed by atoms with Crippen molar-refractivity contribution in [3.05, 3.63) is 59.7 Å². The Hall–Kier alpha value is -2.96. The van der Waals surface area contributed by atoms with E-state index in [1.807, 2.05) is 0 Å². The Balaban J connectivity index is 2.05. The molecule has 2 aromatic carbocycles. The second-order valence-electron chi connectivity index (χ2n) is 5.12. The number of ether oxygens (including phenoxy) is 2. The Bertz CT molecular complexity index is 779. The molecule has 0 aromatic heterocycles. The van der Waals surface area contributed by atoms with Gasteiger partial charge >= 0.3 is 5.97 Å². The molecule has 7 heteroatoms. The van der Waals surface area contributed by atoms with Crippen molar-refractivity contribution >= 4 is 17.6 Å². The monoisotopic (exact) mass is 349 g/mol. The van der Waals surface area contributed by atoms with Crippen LogP contribution in [-0.2, 0) is 9.53 Å². The first kappa shape index (κ1) is 18.4. The summed E-state index contributed by atoms with van der Waals surface area (Å²) in [6.07, 6.45) is -1.000. The fourth-order valence-electron chi connectivity index (χ4n) is 2.00. The van der Waals surface area contributed by atoms with Crippen LogP contribution in [0.1, 0.15) is 24.2 Å². The molecule has 1 N–H and O–H groups in total. The van der Waals surface area contributed by atoms with E-state index in [-0.39, 0.29) is 23.6 Å². The van der Waals surface area contributed by atoms with E-state index in [0.717, 1.165) is 18.2 Å². The highest BCUT2D eigenvalue weighted by atomic mass is 19.1. The Labute approximate surface area is 143 Å². The number of esters is 1. The van der Waals surface area contributed by atoms with Crippen molar-refractivity contribution in [1.82, 2.24) is 0 Å². The third-order valence-electron chi connectivity index (χ3n) is 3.21. The van der Waals surface area contributed by atoms with Gasteiger partial charge < -0.3 is 14.8 Å². The molecule has 0 heterocycles. The van der Waals surface area contributed by atoms with Crippen molar-refractivity contribution in [2.45, 2.75) is 20.0 Å². The Morgan fingerprint density at radius 3 is 2.64 bits per heavy atom. The van der Waals surface area contributed by atoms with Crippen LogP contribution in [0, 0.1) is 11.6 Å². The Morgan fingerprint density at radius 1 is 1.16 bits per heavy atom. The molecular weight excluding hydrogens is 332 g/mol. The molecule has 0 aliphatic rings. The van der Waals surface area contributed by atoms with Crippen molar-refractivity contribution in [3.63, 3.8) is 0 Å². The minimum absolute atomic E-state index is 0.238. The first-order valence-electron chi connectivity index (χ1n) is 7.60. The van der Waals surface area contributed by atoms with Crippen molar-refractivity contribution in [3.8, 4) is 5.75 Å². The van der Waals surface area contributed by atoms with Crippen LogP contribution in [-0.4, -0.2) is 24.6 Å². The summed E-state index contributed by atoms with van der Waals surface area (Å²) >= 11 is 0. The number of carbonyl (C=O) groups is 2. The van der Waals surface area contributed by atoms with Crippen LogP contribution >= 0.6 is 0 Å². The third kappa shape index (κ3) is 5.00. The molecule has 132 valence electrons. The van der Waals surface area contributed by atoms with Crippen LogP contribution < -0.4 is 10.1 Å². The number of nitrogens with one attached hydrogen (secondary N) is 1. The number of halogens is 2. The lowest BCUT2D eigenvalue weighted by molar-refractivity contribution is -0.122. The first-order valence-corrected chi connectivity index (χ1v) is 7.60. The quantitative estimate of drug-likeness (QED) is 0.810. The van der Waals surface area contributed by atoms with Crippen LogP contribution in [0.25, 0.3) is 0 Å². The van der Waals surface area contributed by atoms with Gasteiger partial charge in [0.15, 0.2) is 6.10 Å². The number of benzene rings is 2. The molecule has 1 amide bonds. The molecule has 0 saturated carbocycles. The fourth-order valence-corrected chi connectivity index (χ4v) is 2.00. The molecule has 1 atom stereocenters. The van der Waals surface area contributed by atoms with Crippen molar-refractivity contribution in [2.24, 2.45) is 0 Å². The second-order valence-corrected chi connectivity index (χ2v) is 5.12. The molecule has 0 spiro atoms. The van der Waals surface area contributed by atoms with E-state index in [1.54, 1.807) is 25.1 Å². The third-order valence-corrected chi connectivity index (χ3v) is 3.21. The van der Waals surface area contributed by atoms with Gasteiger partial charge in [0, 0.05) is 6.07 Å². The zero-order valence-corrected chi connectivity index (χ0v) is 13.7. The standard InChI is InChI=1S/C18H17F2NO4/c1-3-24-18(23)12-5-4-6-14(9-12)25-11(2)17(22)21-16-10-13(19)7-8-15(16)20/h4-11H,3H2,1-2H3,(H,21,22)/t11-/m0/s1. The van der Waals surface area contributed by atoms with E-state index >= 15 is 0 Å². The summed E-state index contributed by atoms with van der Waals surface area (Å²) < 4.78 is 37.0. The summed E-state index contributed by atoms with van der Waals surface area (Å²) in [5, 5.41) is 2.26. The van der Waals surface area contributed by atoms with Gasteiger partial charge in [0.2, 0.25) is 0 Å². The Kier molecular flexibility index (Phi) is 6.05. The van der Waals surface area contributed by atoms with E-state index in [4.69, 9.17) is 9.47 Å². The Morgan fingerprint density at radius 2 is 1.92 bits per heavy atom. The molecule has 0 bridgehead atoms.